The summed E-state index contributed by atoms with van der Waals surface area (Å²) in [6.07, 6.45) is 2.13. The molecule has 11 heteroatoms. The number of piperazine rings is 1. The molecule has 2 bridgehead atoms. The molecule has 3 saturated heterocycles. The molecule has 1 aromatic carbocycles. The van der Waals surface area contributed by atoms with Crippen LogP contribution >= 0.6 is 0 Å². The molecular formula is C22H30N6O4S. The number of amides is 2. The molecule has 3 aliphatic rings. The molecule has 178 valence electrons. The van der Waals surface area contributed by atoms with Crippen LogP contribution in [0.3, 0.4) is 0 Å². The first-order chi connectivity index (χ1) is 15.7. The van der Waals surface area contributed by atoms with Crippen LogP contribution in [-0.2, 0) is 19.6 Å². The van der Waals surface area contributed by atoms with Crippen molar-refractivity contribution in [3.63, 3.8) is 0 Å². The van der Waals surface area contributed by atoms with Gasteiger partial charge in [0, 0.05) is 25.7 Å². The molecule has 3 N–H and O–H groups in total. The summed E-state index contributed by atoms with van der Waals surface area (Å²) in [5.41, 5.74) is 6.95. The summed E-state index contributed by atoms with van der Waals surface area (Å²) in [5, 5.41) is 9.24. The predicted octanol–water partition coefficient (Wildman–Crippen LogP) is -0.217. The van der Waals surface area contributed by atoms with E-state index in [0.717, 1.165) is 12.0 Å². The third-order valence-electron chi connectivity index (χ3n) is 7.08. The first-order valence-electron chi connectivity index (χ1n) is 11.2. The van der Waals surface area contributed by atoms with Crippen molar-refractivity contribution < 1.29 is 18.0 Å². The van der Waals surface area contributed by atoms with Gasteiger partial charge < -0.3 is 15.5 Å². The molecule has 0 radical (unpaired) electrons. The third-order valence-corrected chi connectivity index (χ3v) is 8.50. The maximum Gasteiger partial charge on any atom is 0.241 e. The number of sulfonamides is 1. The molecule has 3 fully saturated rings. The summed E-state index contributed by atoms with van der Waals surface area (Å²) in [5.74, 6) is -0.265. The molecule has 0 aliphatic carbocycles. The van der Waals surface area contributed by atoms with E-state index >= 15 is 0 Å². The van der Waals surface area contributed by atoms with Crippen LogP contribution in [0.4, 0.5) is 0 Å². The van der Waals surface area contributed by atoms with Gasteiger partial charge in [0.15, 0.2) is 0 Å². The first-order valence-corrected chi connectivity index (χ1v) is 12.7. The Morgan fingerprint density at radius 3 is 2.82 bits per heavy atom. The molecule has 1 aromatic rings. The number of hydrogen-bond acceptors (Lipinski definition) is 7. The Hall–Kier alpha value is -2.52. The molecule has 33 heavy (non-hydrogen) atoms. The molecule has 2 amide bonds. The van der Waals surface area contributed by atoms with Gasteiger partial charge in [-0.1, -0.05) is 12.1 Å². The number of hydrogen-bond donors (Lipinski definition) is 2. The molecule has 10 nitrogen and oxygen atoms in total. The van der Waals surface area contributed by atoms with Gasteiger partial charge >= 0.3 is 0 Å². The Labute approximate surface area is 194 Å². The Balaban J connectivity index is 1.42. The van der Waals surface area contributed by atoms with E-state index in [1.807, 2.05) is 22.8 Å². The number of nitriles is 1. The number of likely N-dealkylation sites (tertiary alicyclic amines) is 3. The Bertz CT molecular complexity index is 1090. The van der Waals surface area contributed by atoms with Crippen LogP contribution < -0.4 is 10.5 Å². The SMILES string of the molecule is CNS(=O)(=O)c1cccc([C@H](C)N2C(=O)[C@@H]3CC2CN3C[C@H](N)C(=O)N2CCC[C@H]2C#N)c1. The lowest BCUT2D eigenvalue weighted by Crippen LogP contribution is -2.56. The quantitative estimate of drug-likeness (QED) is 0.557. The highest BCUT2D eigenvalue weighted by Gasteiger charge is 2.51. The lowest BCUT2D eigenvalue weighted by Gasteiger charge is -2.38. The summed E-state index contributed by atoms with van der Waals surface area (Å²) in [6, 6.07) is 6.95. The first kappa shape index (κ1) is 23.6. The Morgan fingerprint density at radius 2 is 2.15 bits per heavy atom. The predicted molar refractivity (Wildman–Crippen MR) is 120 cm³/mol. The highest BCUT2D eigenvalue weighted by atomic mass is 32.2. The molecule has 0 aromatic heterocycles. The van der Waals surface area contributed by atoms with Crippen molar-refractivity contribution in [2.75, 3.05) is 26.7 Å². The number of nitrogens with one attached hydrogen (secondary N) is 1. The third kappa shape index (κ3) is 4.24. The van der Waals surface area contributed by atoms with Gasteiger partial charge in [0.1, 0.15) is 6.04 Å². The molecule has 1 unspecified atom stereocenters. The highest BCUT2D eigenvalue weighted by Crippen LogP contribution is 2.38. The lowest BCUT2D eigenvalue weighted by molar-refractivity contribution is -0.141. The van der Waals surface area contributed by atoms with Gasteiger partial charge in [-0.2, -0.15) is 5.26 Å². The highest BCUT2D eigenvalue weighted by molar-refractivity contribution is 7.89. The number of nitrogens with two attached hydrogens (primary N) is 1. The Kier molecular flexibility index (Phi) is 6.46. The fraction of sp³-hybridized carbons (Fsp3) is 0.591. The van der Waals surface area contributed by atoms with Crippen molar-refractivity contribution in [2.45, 2.75) is 61.3 Å². The Morgan fingerprint density at radius 1 is 1.39 bits per heavy atom. The van der Waals surface area contributed by atoms with Crippen LogP contribution in [0.25, 0.3) is 0 Å². The van der Waals surface area contributed by atoms with Gasteiger partial charge in [-0.25, -0.2) is 13.1 Å². The second kappa shape index (κ2) is 9.02. The fourth-order valence-corrected chi connectivity index (χ4v) is 6.11. The molecule has 0 saturated carbocycles. The average Bonchev–Trinajstić information content (AvgIpc) is 3.52. The number of carbonyl (C=O) groups is 2. The standard InChI is InChI=1S/C22H30N6O4S/c1-14(15-5-3-7-18(9-15)33(31,32)25-2)28-17-10-20(22(28)30)26(12-17)13-19(24)21(29)27-8-4-6-16(27)11-23/h3,5,7,9,14,16-17,19-20,25H,4,6,8,10,12-13,24H2,1-2H3/t14-,16-,17?,19-,20-/m0/s1. The summed E-state index contributed by atoms with van der Waals surface area (Å²) in [7, 11) is -2.21. The fourth-order valence-electron chi connectivity index (χ4n) is 5.33. The second-order valence-corrected chi connectivity index (χ2v) is 10.9. The van der Waals surface area contributed by atoms with E-state index in [9.17, 15) is 23.3 Å². The molecule has 3 heterocycles. The van der Waals surface area contributed by atoms with Gasteiger partial charge in [-0.15, -0.1) is 0 Å². The van der Waals surface area contributed by atoms with Crippen molar-refractivity contribution in [2.24, 2.45) is 5.73 Å². The zero-order valence-corrected chi connectivity index (χ0v) is 19.7. The number of nitrogens with zero attached hydrogens (tertiary/aromatic N) is 4. The zero-order chi connectivity index (χ0) is 23.9. The van der Waals surface area contributed by atoms with Crippen molar-refractivity contribution in [1.82, 2.24) is 19.4 Å². The minimum atomic E-state index is -3.58. The van der Waals surface area contributed by atoms with Crippen molar-refractivity contribution in [3.8, 4) is 6.07 Å². The lowest BCUT2D eigenvalue weighted by atomic mass is 10.1. The van der Waals surface area contributed by atoms with Crippen LogP contribution in [0, 0.1) is 11.3 Å². The molecule has 5 atom stereocenters. The van der Waals surface area contributed by atoms with E-state index in [-0.39, 0.29) is 41.4 Å². The van der Waals surface area contributed by atoms with Crippen LogP contribution in [0.15, 0.2) is 29.2 Å². The maximum absolute atomic E-state index is 13.2. The van der Waals surface area contributed by atoms with Gasteiger partial charge in [0.25, 0.3) is 0 Å². The maximum atomic E-state index is 13.2. The largest absolute Gasteiger partial charge is 0.330 e. The summed E-state index contributed by atoms with van der Waals surface area (Å²) < 4.78 is 26.6. The molecule has 4 rings (SSSR count). The summed E-state index contributed by atoms with van der Waals surface area (Å²) in [6.45, 7) is 3.33. The van der Waals surface area contributed by atoms with E-state index in [2.05, 4.69) is 10.8 Å². The van der Waals surface area contributed by atoms with Crippen LogP contribution in [0.5, 0.6) is 0 Å². The number of rotatable bonds is 7. The minimum absolute atomic E-state index is 0.0250. The smallest absolute Gasteiger partial charge is 0.241 e. The number of benzene rings is 1. The van der Waals surface area contributed by atoms with Crippen LogP contribution in [-0.4, -0.2) is 85.8 Å². The van der Waals surface area contributed by atoms with E-state index in [1.54, 1.807) is 17.0 Å². The van der Waals surface area contributed by atoms with E-state index in [4.69, 9.17) is 5.73 Å². The van der Waals surface area contributed by atoms with E-state index in [0.29, 0.717) is 25.9 Å². The normalized spacial score (nSPS) is 27.1. The summed E-state index contributed by atoms with van der Waals surface area (Å²) >= 11 is 0. The molecular weight excluding hydrogens is 444 g/mol. The average molecular weight is 475 g/mol. The van der Waals surface area contributed by atoms with Gasteiger partial charge in [-0.3, -0.25) is 14.5 Å². The molecule has 0 spiro atoms. The second-order valence-electron chi connectivity index (χ2n) is 8.99. The van der Waals surface area contributed by atoms with Crippen molar-refractivity contribution >= 4 is 21.8 Å². The van der Waals surface area contributed by atoms with Gasteiger partial charge in [-0.05, 0) is 50.9 Å². The zero-order valence-electron chi connectivity index (χ0n) is 18.8. The van der Waals surface area contributed by atoms with Gasteiger partial charge in [0.2, 0.25) is 21.8 Å². The van der Waals surface area contributed by atoms with E-state index < -0.39 is 22.1 Å². The van der Waals surface area contributed by atoms with E-state index in [1.165, 1.54) is 13.1 Å². The molecule has 3 aliphatic heterocycles. The number of fused-ring (bicyclic) bond motifs is 2. The van der Waals surface area contributed by atoms with Crippen LogP contribution in [0.2, 0.25) is 0 Å². The van der Waals surface area contributed by atoms with Gasteiger partial charge in [0.05, 0.1) is 29.1 Å². The minimum Gasteiger partial charge on any atom is -0.330 e. The van der Waals surface area contributed by atoms with Crippen molar-refractivity contribution in [1.29, 1.82) is 5.26 Å². The summed E-state index contributed by atoms with van der Waals surface area (Å²) in [4.78, 5) is 31.5. The van der Waals surface area contributed by atoms with Crippen molar-refractivity contribution in [3.05, 3.63) is 29.8 Å². The number of carbonyl (C=O) groups excluding carboxylic acids is 2. The van der Waals surface area contributed by atoms with Crippen LogP contribution in [0.1, 0.15) is 37.8 Å². The monoisotopic (exact) mass is 474 g/mol. The topological polar surface area (TPSA) is 140 Å².